The van der Waals surface area contributed by atoms with Crippen LogP contribution in [0.15, 0.2) is 42.0 Å². The first-order chi connectivity index (χ1) is 12.3. The lowest BCUT2D eigenvalue weighted by atomic mass is 9.84. The van der Waals surface area contributed by atoms with E-state index in [0.29, 0.717) is 12.4 Å². The van der Waals surface area contributed by atoms with E-state index in [1.54, 1.807) is 17.7 Å². The van der Waals surface area contributed by atoms with Gasteiger partial charge in [-0.15, -0.1) is 0 Å². The first kappa shape index (κ1) is 19.6. The van der Waals surface area contributed by atoms with Gasteiger partial charge in [-0.25, -0.2) is 4.79 Å². The third kappa shape index (κ3) is 8.24. The summed E-state index contributed by atoms with van der Waals surface area (Å²) in [5, 5.41) is 0. The van der Waals surface area contributed by atoms with Crippen LogP contribution in [0.2, 0.25) is 0 Å². The van der Waals surface area contributed by atoms with Crippen molar-refractivity contribution in [1.82, 2.24) is 0 Å². The van der Waals surface area contributed by atoms with Crippen LogP contribution < -0.4 is 4.74 Å². The third-order valence-electron chi connectivity index (χ3n) is 4.89. The molecule has 1 aliphatic carbocycles. The van der Waals surface area contributed by atoms with E-state index < -0.39 is 6.16 Å². The highest BCUT2D eigenvalue weighted by molar-refractivity contribution is 5.63. The Bertz CT molecular complexity index is 521. The molecule has 1 aromatic carbocycles. The van der Waals surface area contributed by atoms with E-state index in [9.17, 15) is 4.79 Å². The number of benzene rings is 1. The van der Waals surface area contributed by atoms with Gasteiger partial charge in [0.15, 0.2) is 0 Å². The zero-order valence-corrected chi connectivity index (χ0v) is 15.5. The van der Waals surface area contributed by atoms with E-state index in [1.807, 2.05) is 18.2 Å². The van der Waals surface area contributed by atoms with Crippen molar-refractivity contribution in [2.45, 2.75) is 71.1 Å². The van der Waals surface area contributed by atoms with Crippen LogP contribution in [-0.4, -0.2) is 12.8 Å². The van der Waals surface area contributed by atoms with Gasteiger partial charge in [-0.2, -0.15) is 0 Å². The molecular formula is C22H32O3. The van der Waals surface area contributed by atoms with Gasteiger partial charge in [-0.3, -0.25) is 0 Å². The highest BCUT2D eigenvalue weighted by Crippen LogP contribution is 2.29. The van der Waals surface area contributed by atoms with Crippen LogP contribution in [0.3, 0.4) is 0 Å². The minimum absolute atomic E-state index is 0.429. The lowest BCUT2D eigenvalue weighted by Crippen LogP contribution is -2.11. The second kappa shape index (κ2) is 11.7. The summed E-state index contributed by atoms with van der Waals surface area (Å²) in [7, 11) is 0. The summed E-state index contributed by atoms with van der Waals surface area (Å²) in [5.41, 5.74) is 1.60. The Labute approximate surface area is 152 Å². The Kier molecular flexibility index (Phi) is 9.17. The topological polar surface area (TPSA) is 35.5 Å². The van der Waals surface area contributed by atoms with E-state index in [0.717, 1.165) is 25.2 Å². The Balaban J connectivity index is 1.51. The van der Waals surface area contributed by atoms with Crippen LogP contribution in [0.5, 0.6) is 5.75 Å². The van der Waals surface area contributed by atoms with Crippen LogP contribution in [0.25, 0.3) is 0 Å². The Morgan fingerprint density at radius 2 is 1.96 bits per heavy atom. The number of rotatable bonds is 10. The van der Waals surface area contributed by atoms with E-state index in [2.05, 4.69) is 13.0 Å². The summed E-state index contributed by atoms with van der Waals surface area (Å²) in [4.78, 5) is 11.6. The Morgan fingerprint density at radius 3 is 2.68 bits per heavy atom. The highest BCUT2D eigenvalue weighted by Gasteiger charge is 2.14. The van der Waals surface area contributed by atoms with E-state index in [1.165, 1.54) is 44.9 Å². The van der Waals surface area contributed by atoms with Crippen molar-refractivity contribution < 1.29 is 14.3 Å². The fourth-order valence-electron chi connectivity index (χ4n) is 3.34. The summed E-state index contributed by atoms with van der Waals surface area (Å²) >= 11 is 0. The predicted molar refractivity (Wildman–Crippen MR) is 102 cm³/mol. The SMILES string of the molecule is CCCCCC1CC=C(CCCCOC(=O)Oc2ccccc2)CC1. The molecule has 0 aromatic heterocycles. The van der Waals surface area contributed by atoms with Crippen LogP contribution >= 0.6 is 0 Å². The second-order valence-corrected chi connectivity index (χ2v) is 6.97. The number of carbonyl (C=O) groups excluding carboxylic acids is 1. The van der Waals surface area contributed by atoms with Crippen molar-refractivity contribution >= 4 is 6.16 Å². The number of ether oxygens (including phenoxy) is 2. The molecule has 0 saturated carbocycles. The van der Waals surface area contributed by atoms with E-state index in [-0.39, 0.29) is 0 Å². The molecule has 1 aromatic rings. The molecule has 1 atom stereocenters. The molecule has 0 aliphatic heterocycles. The normalized spacial score (nSPS) is 17.0. The van der Waals surface area contributed by atoms with Gasteiger partial charge in [0.2, 0.25) is 0 Å². The van der Waals surface area contributed by atoms with Crippen molar-refractivity contribution in [3.8, 4) is 5.75 Å². The molecular weight excluding hydrogens is 312 g/mol. The zero-order chi connectivity index (χ0) is 17.7. The molecule has 0 bridgehead atoms. The van der Waals surface area contributed by atoms with Gasteiger partial charge in [-0.05, 0) is 56.6 Å². The van der Waals surface area contributed by atoms with Crippen molar-refractivity contribution in [3.63, 3.8) is 0 Å². The standard InChI is InChI=1S/C22H32O3/c1-2-3-5-10-19-14-16-20(17-15-19)11-8-9-18-24-22(23)25-21-12-6-4-7-13-21/h4,6-7,12-13,16,19H,2-3,5,8-11,14-15,17-18H2,1H3. The van der Waals surface area contributed by atoms with Crippen LogP contribution in [0, 0.1) is 5.92 Å². The molecule has 138 valence electrons. The highest BCUT2D eigenvalue weighted by atomic mass is 16.7. The monoisotopic (exact) mass is 344 g/mol. The number of carbonyl (C=O) groups is 1. The maximum absolute atomic E-state index is 11.6. The van der Waals surface area contributed by atoms with Crippen molar-refractivity contribution in [1.29, 1.82) is 0 Å². The molecule has 0 N–H and O–H groups in total. The largest absolute Gasteiger partial charge is 0.513 e. The maximum Gasteiger partial charge on any atom is 0.513 e. The summed E-state index contributed by atoms with van der Waals surface area (Å²) in [6.07, 6.45) is 14.3. The molecule has 0 saturated heterocycles. The molecule has 0 fully saturated rings. The fraction of sp³-hybridized carbons (Fsp3) is 0.591. The van der Waals surface area contributed by atoms with Crippen LogP contribution in [0.4, 0.5) is 4.79 Å². The first-order valence-corrected chi connectivity index (χ1v) is 9.85. The summed E-state index contributed by atoms with van der Waals surface area (Å²) in [6.45, 7) is 2.70. The average molecular weight is 344 g/mol. The van der Waals surface area contributed by atoms with Gasteiger partial charge in [0, 0.05) is 0 Å². The van der Waals surface area contributed by atoms with Gasteiger partial charge in [0.25, 0.3) is 0 Å². The molecule has 0 amide bonds. The number of hydrogen-bond donors (Lipinski definition) is 0. The van der Waals surface area contributed by atoms with Gasteiger partial charge in [0.1, 0.15) is 5.75 Å². The maximum atomic E-state index is 11.6. The number of para-hydroxylation sites is 1. The summed E-state index contributed by atoms with van der Waals surface area (Å²) in [5.74, 6) is 1.43. The van der Waals surface area contributed by atoms with Gasteiger partial charge >= 0.3 is 6.16 Å². The molecule has 3 heteroatoms. The zero-order valence-electron chi connectivity index (χ0n) is 15.5. The number of allylic oxidation sites excluding steroid dienone is 2. The number of unbranched alkanes of at least 4 members (excludes halogenated alkanes) is 3. The van der Waals surface area contributed by atoms with Crippen LogP contribution in [0.1, 0.15) is 71.1 Å². The van der Waals surface area contributed by atoms with Gasteiger partial charge in [-0.1, -0.05) is 62.5 Å². The quantitative estimate of drug-likeness (QED) is 0.205. The third-order valence-corrected chi connectivity index (χ3v) is 4.89. The molecule has 0 spiro atoms. The lowest BCUT2D eigenvalue weighted by molar-refractivity contribution is 0.0975. The smallest absolute Gasteiger partial charge is 0.434 e. The van der Waals surface area contributed by atoms with Gasteiger partial charge in [0.05, 0.1) is 6.61 Å². The molecule has 3 nitrogen and oxygen atoms in total. The average Bonchev–Trinajstić information content (AvgIpc) is 2.64. The minimum atomic E-state index is -0.613. The summed E-state index contributed by atoms with van der Waals surface area (Å²) in [6, 6.07) is 9.02. The van der Waals surface area contributed by atoms with E-state index >= 15 is 0 Å². The Morgan fingerprint density at radius 1 is 1.12 bits per heavy atom. The van der Waals surface area contributed by atoms with E-state index in [4.69, 9.17) is 9.47 Å². The molecule has 25 heavy (non-hydrogen) atoms. The molecule has 2 rings (SSSR count). The number of hydrogen-bond acceptors (Lipinski definition) is 3. The lowest BCUT2D eigenvalue weighted by Gasteiger charge is -2.22. The molecule has 0 heterocycles. The molecule has 1 unspecified atom stereocenters. The molecule has 1 aliphatic rings. The second-order valence-electron chi connectivity index (χ2n) is 6.97. The van der Waals surface area contributed by atoms with Crippen molar-refractivity contribution in [2.24, 2.45) is 5.92 Å². The van der Waals surface area contributed by atoms with Crippen LogP contribution in [-0.2, 0) is 4.74 Å². The Hall–Kier alpha value is -1.77. The predicted octanol–water partition coefficient (Wildman–Crippen LogP) is 6.68. The van der Waals surface area contributed by atoms with Crippen molar-refractivity contribution in [2.75, 3.05) is 6.61 Å². The minimum Gasteiger partial charge on any atom is -0.434 e. The first-order valence-electron chi connectivity index (χ1n) is 9.85. The molecule has 0 radical (unpaired) electrons. The fourth-order valence-corrected chi connectivity index (χ4v) is 3.34. The van der Waals surface area contributed by atoms with Crippen molar-refractivity contribution in [3.05, 3.63) is 42.0 Å². The van der Waals surface area contributed by atoms with Gasteiger partial charge < -0.3 is 9.47 Å². The summed E-state index contributed by atoms with van der Waals surface area (Å²) < 4.78 is 10.2.